The molecule has 2 N–H and O–H groups in total. The van der Waals surface area contributed by atoms with Gasteiger partial charge in [-0.05, 0) is 61.4 Å². The zero-order valence-corrected chi connectivity index (χ0v) is 20.9. The van der Waals surface area contributed by atoms with Gasteiger partial charge in [0, 0.05) is 22.7 Å². The van der Waals surface area contributed by atoms with Crippen LogP contribution in [0, 0.1) is 18.8 Å². The predicted octanol–water partition coefficient (Wildman–Crippen LogP) is 6.63. The summed E-state index contributed by atoms with van der Waals surface area (Å²) >= 11 is 0. The van der Waals surface area contributed by atoms with E-state index in [2.05, 4.69) is 27.6 Å². The van der Waals surface area contributed by atoms with Crippen molar-refractivity contribution >= 4 is 26.6 Å². The van der Waals surface area contributed by atoms with Crippen LogP contribution in [-0.2, 0) is 15.4 Å². The lowest BCUT2D eigenvalue weighted by Crippen LogP contribution is -2.24. The lowest BCUT2D eigenvalue weighted by Gasteiger charge is -2.27. The Hall–Kier alpha value is -4.27. The Morgan fingerprint density at radius 3 is 2.22 bits per heavy atom. The van der Waals surface area contributed by atoms with E-state index in [-0.39, 0.29) is 4.90 Å². The molecule has 4 aromatic carbocycles. The summed E-state index contributed by atoms with van der Waals surface area (Å²) in [6.45, 7) is 3.97. The third-order valence-electron chi connectivity index (χ3n) is 6.40. The summed E-state index contributed by atoms with van der Waals surface area (Å²) in [5.74, 6) is 6.82. The fourth-order valence-electron chi connectivity index (χ4n) is 4.41. The van der Waals surface area contributed by atoms with Crippen molar-refractivity contribution in [2.24, 2.45) is 0 Å². The van der Waals surface area contributed by atoms with Crippen LogP contribution in [0.3, 0.4) is 0 Å². The molecular formula is C31H26N2O2S. The summed E-state index contributed by atoms with van der Waals surface area (Å²) in [6, 6.07) is 32.2. The second-order valence-corrected chi connectivity index (χ2v) is 10.6. The molecular weight excluding hydrogens is 464 g/mol. The van der Waals surface area contributed by atoms with Crippen molar-refractivity contribution in [3.63, 3.8) is 0 Å². The second kappa shape index (κ2) is 9.41. The Labute approximate surface area is 212 Å². The third kappa shape index (κ3) is 4.51. The largest absolute Gasteiger partial charge is 0.361 e. The summed E-state index contributed by atoms with van der Waals surface area (Å²) in [6.07, 6.45) is 1.97. The van der Waals surface area contributed by atoms with Crippen LogP contribution in [0.25, 0.3) is 10.9 Å². The van der Waals surface area contributed by atoms with E-state index < -0.39 is 15.4 Å². The normalized spacial score (nSPS) is 12.9. The summed E-state index contributed by atoms with van der Waals surface area (Å²) in [5, 5.41) is 1.04. The molecule has 5 rings (SSSR count). The van der Waals surface area contributed by atoms with Crippen LogP contribution in [0.4, 0.5) is 5.69 Å². The highest BCUT2D eigenvalue weighted by Crippen LogP contribution is 2.40. The summed E-state index contributed by atoms with van der Waals surface area (Å²) in [7, 11) is -3.80. The predicted molar refractivity (Wildman–Crippen MR) is 147 cm³/mol. The van der Waals surface area contributed by atoms with Gasteiger partial charge in [-0.25, -0.2) is 8.42 Å². The van der Waals surface area contributed by atoms with Gasteiger partial charge in [0.1, 0.15) is 0 Å². The molecule has 0 aliphatic carbocycles. The first-order valence-corrected chi connectivity index (χ1v) is 13.2. The van der Waals surface area contributed by atoms with Gasteiger partial charge in [0.25, 0.3) is 10.0 Å². The van der Waals surface area contributed by atoms with Gasteiger partial charge in [-0.1, -0.05) is 84.1 Å². The molecule has 0 saturated carbocycles. The quantitative estimate of drug-likeness (QED) is 0.272. The fourth-order valence-corrected chi connectivity index (χ4v) is 5.49. The molecule has 5 heteroatoms. The topological polar surface area (TPSA) is 62.0 Å². The first-order valence-electron chi connectivity index (χ1n) is 11.7. The van der Waals surface area contributed by atoms with E-state index in [1.165, 1.54) is 0 Å². The maximum Gasteiger partial charge on any atom is 0.261 e. The molecule has 0 fully saturated rings. The van der Waals surface area contributed by atoms with Crippen molar-refractivity contribution in [3.05, 3.63) is 132 Å². The van der Waals surface area contributed by atoms with Crippen molar-refractivity contribution in [1.82, 2.24) is 4.98 Å². The SMILES string of the molecule is Cc1ccc(S(=O)(=O)Nc2ccccc2[C@@](C)(C#Cc2ccccc2)c2c[nH]c3ccccc23)cc1. The zero-order valence-electron chi connectivity index (χ0n) is 20.1. The van der Waals surface area contributed by atoms with Gasteiger partial charge in [0.2, 0.25) is 0 Å². The lowest BCUT2D eigenvalue weighted by molar-refractivity contribution is 0.601. The smallest absolute Gasteiger partial charge is 0.261 e. The van der Waals surface area contributed by atoms with Gasteiger partial charge in [0.15, 0.2) is 0 Å². The average Bonchev–Trinajstić information content (AvgIpc) is 3.33. The summed E-state index contributed by atoms with van der Waals surface area (Å²) < 4.78 is 29.5. The molecule has 0 aliphatic heterocycles. The highest BCUT2D eigenvalue weighted by Gasteiger charge is 2.33. The molecule has 0 unspecified atom stereocenters. The fraction of sp³-hybridized carbons (Fsp3) is 0.0968. The van der Waals surface area contributed by atoms with Gasteiger partial charge >= 0.3 is 0 Å². The van der Waals surface area contributed by atoms with Crippen LogP contribution in [0.5, 0.6) is 0 Å². The number of H-pyrrole nitrogens is 1. The first kappa shape index (κ1) is 23.5. The Kier molecular flexibility index (Phi) is 6.13. The van der Waals surface area contributed by atoms with Crippen LogP contribution in [0.2, 0.25) is 0 Å². The molecule has 4 nitrogen and oxygen atoms in total. The molecule has 36 heavy (non-hydrogen) atoms. The number of aryl methyl sites for hydroxylation is 1. The van der Waals surface area contributed by atoms with E-state index in [9.17, 15) is 8.42 Å². The van der Waals surface area contributed by atoms with Crippen molar-refractivity contribution in [1.29, 1.82) is 0 Å². The first-order chi connectivity index (χ1) is 17.4. The van der Waals surface area contributed by atoms with Gasteiger partial charge in [-0.15, -0.1) is 0 Å². The number of aromatic amines is 1. The minimum absolute atomic E-state index is 0.215. The molecule has 0 aliphatic rings. The van der Waals surface area contributed by atoms with E-state index in [1.807, 2.05) is 86.8 Å². The Bertz CT molecular complexity index is 1690. The Balaban J connectivity index is 1.68. The maximum absolute atomic E-state index is 13.3. The minimum Gasteiger partial charge on any atom is -0.361 e. The number of fused-ring (bicyclic) bond motifs is 1. The summed E-state index contributed by atoms with van der Waals surface area (Å²) in [4.78, 5) is 3.57. The molecule has 0 saturated heterocycles. The van der Waals surface area contributed by atoms with E-state index >= 15 is 0 Å². The molecule has 0 amide bonds. The highest BCUT2D eigenvalue weighted by molar-refractivity contribution is 7.92. The van der Waals surface area contributed by atoms with Crippen LogP contribution in [0.15, 0.2) is 114 Å². The van der Waals surface area contributed by atoms with Crippen molar-refractivity contribution < 1.29 is 8.42 Å². The molecule has 0 spiro atoms. The number of para-hydroxylation sites is 2. The lowest BCUT2D eigenvalue weighted by atomic mass is 9.75. The maximum atomic E-state index is 13.3. The van der Waals surface area contributed by atoms with Crippen molar-refractivity contribution in [2.45, 2.75) is 24.2 Å². The minimum atomic E-state index is -3.80. The monoisotopic (exact) mass is 490 g/mol. The number of hydrogen-bond acceptors (Lipinski definition) is 2. The number of hydrogen-bond donors (Lipinski definition) is 2. The van der Waals surface area contributed by atoms with E-state index in [0.29, 0.717) is 5.69 Å². The van der Waals surface area contributed by atoms with Crippen molar-refractivity contribution in [2.75, 3.05) is 4.72 Å². The third-order valence-corrected chi connectivity index (χ3v) is 7.78. The molecule has 1 heterocycles. The van der Waals surface area contributed by atoms with Gasteiger partial charge in [0.05, 0.1) is 16.0 Å². The molecule has 5 aromatic rings. The van der Waals surface area contributed by atoms with Crippen molar-refractivity contribution in [3.8, 4) is 11.8 Å². The van der Waals surface area contributed by atoms with Crippen LogP contribution in [-0.4, -0.2) is 13.4 Å². The number of anilines is 1. The highest BCUT2D eigenvalue weighted by atomic mass is 32.2. The number of aromatic nitrogens is 1. The number of benzene rings is 4. The number of nitrogens with one attached hydrogen (secondary N) is 2. The Morgan fingerprint density at radius 1 is 0.778 bits per heavy atom. The molecule has 1 atom stereocenters. The summed E-state index contributed by atoms with van der Waals surface area (Å²) in [5.41, 5.74) is 4.31. The Morgan fingerprint density at radius 2 is 1.44 bits per heavy atom. The van der Waals surface area contributed by atoms with Gasteiger partial charge in [-0.3, -0.25) is 4.72 Å². The molecule has 0 bridgehead atoms. The van der Waals surface area contributed by atoms with E-state index in [1.54, 1.807) is 30.3 Å². The number of sulfonamides is 1. The molecule has 0 radical (unpaired) electrons. The van der Waals surface area contributed by atoms with Crippen LogP contribution < -0.4 is 4.72 Å². The van der Waals surface area contributed by atoms with E-state index in [4.69, 9.17) is 0 Å². The zero-order chi connectivity index (χ0) is 25.2. The molecule has 178 valence electrons. The van der Waals surface area contributed by atoms with Gasteiger partial charge < -0.3 is 4.98 Å². The van der Waals surface area contributed by atoms with Gasteiger partial charge in [-0.2, -0.15) is 0 Å². The van der Waals surface area contributed by atoms with Crippen LogP contribution in [0.1, 0.15) is 29.2 Å². The van der Waals surface area contributed by atoms with E-state index in [0.717, 1.165) is 33.2 Å². The standard InChI is InChI=1S/C31H26N2O2S/c1-23-16-18-25(19-17-23)36(34,35)33-30-15-9-7-13-27(30)31(2,21-20-24-10-4-3-5-11-24)28-22-32-29-14-8-6-12-26(28)29/h3-19,22,32-33H,1-2H3/t31-/m1/s1. The number of rotatable bonds is 5. The average molecular weight is 491 g/mol. The van der Waals surface area contributed by atoms with Crippen LogP contribution >= 0.6 is 0 Å². The molecule has 1 aromatic heterocycles. The second-order valence-electron chi connectivity index (χ2n) is 8.95.